The summed E-state index contributed by atoms with van der Waals surface area (Å²) in [6.07, 6.45) is 3.27. The third kappa shape index (κ3) is 2.90. The maximum atomic E-state index is 12.2. The van der Waals surface area contributed by atoms with Crippen molar-refractivity contribution in [2.75, 3.05) is 7.11 Å². The Bertz CT molecular complexity index is 865. The van der Waals surface area contributed by atoms with Crippen molar-refractivity contribution in [2.24, 2.45) is 0 Å². The number of hydrogen-bond donors (Lipinski definition) is 1. The van der Waals surface area contributed by atoms with Gasteiger partial charge in [-0.15, -0.1) is 6.58 Å². The number of nitrogens with zero attached hydrogens (tertiary/aromatic N) is 2. The number of carbonyl (C=O) groups excluding carboxylic acids is 1. The van der Waals surface area contributed by atoms with Crippen LogP contribution in [0.15, 0.2) is 53.7 Å². The quantitative estimate of drug-likeness (QED) is 0.706. The molecule has 0 aliphatic rings. The van der Waals surface area contributed by atoms with Gasteiger partial charge in [0.1, 0.15) is 11.6 Å². The van der Waals surface area contributed by atoms with Crippen molar-refractivity contribution in [2.45, 2.75) is 19.5 Å². The molecule has 6 nitrogen and oxygen atoms in total. The van der Waals surface area contributed by atoms with Gasteiger partial charge < -0.3 is 19.0 Å². The first-order valence-electron chi connectivity index (χ1n) is 7.63. The molecule has 0 spiro atoms. The van der Waals surface area contributed by atoms with Gasteiger partial charge in [-0.25, -0.2) is 4.98 Å². The topological polar surface area (TPSA) is 69.3 Å². The maximum absolute atomic E-state index is 12.2. The van der Waals surface area contributed by atoms with Crippen LogP contribution in [0.2, 0.25) is 0 Å². The third-order valence-corrected chi connectivity index (χ3v) is 3.78. The molecule has 0 saturated carbocycles. The van der Waals surface area contributed by atoms with E-state index in [2.05, 4.69) is 16.9 Å². The van der Waals surface area contributed by atoms with Crippen molar-refractivity contribution in [1.29, 1.82) is 0 Å². The minimum atomic E-state index is -0.291. The SMILES string of the molecule is C=CCn1c(C(C)NC(=O)c2ccco2)nc2ccc(OC)cc21. The fourth-order valence-electron chi connectivity index (χ4n) is 2.64. The summed E-state index contributed by atoms with van der Waals surface area (Å²) in [5.41, 5.74) is 1.77. The van der Waals surface area contributed by atoms with Gasteiger partial charge in [0, 0.05) is 12.6 Å². The minimum absolute atomic E-state index is 0.273. The van der Waals surface area contributed by atoms with Gasteiger partial charge in [-0.1, -0.05) is 6.08 Å². The van der Waals surface area contributed by atoms with Crippen LogP contribution < -0.4 is 10.1 Å². The number of benzene rings is 1. The molecule has 6 heteroatoms. The Labute approximate surface area is 139 Å². The Balaban J connectivity index is 1.96. The zero-order chi connectivity index (χ0) is 17.1. The normalized spacial score (nSPS) is 12.1. The lowest BCUT2D eigenvalue weighted by molar-refractivity contribution is 0.0909. The van der Waals surface area contributed by atoms with Gasteiger partial charge >= 0.3 is 0 Å². The first-order chi connectivity index (χ1) is 11.6. The summed E-state index contributed by atoms with van der Waals surface area (Å²) in [4.78, 5) is 16.8. The summed E-state index contributed by atoms with van der Waals surface area (Å²) in [6.45, 7) is 6.28. The number of imidazole rings is 1. The number of methoxy groups -OCH3 is 1. The van der Waals surface area contributed by atoms with Gasteiger partial charge in [0.15, 0.2) is 5.76 Å². The highest BCUT2D eigenvalue weighted by Crippen LogP contribution is 2.25. The number of ether oxygens (including phenoxy) is 1. The Morgan fingerprint density at radius 2 is 2.33 bits per heavy atom. The lowest BCUT2D eigenvalue weighted by Gasteiger charge is -2.14. The van der Waals surface area contributed by atoms with Gasteiger partial charge in [-0.2, -0.15) is 0 Å². The Morgan fingerprint density at radius 1 is 1.50 bits per heavy atom. The second-order valence-corrected chi connectivity index (χ2v) is 5.40. The van der Waals surface area contributed by atoms with Crippen LogP contribution in [0.25, 0.3) is 11.0 Å². The smallest absolute Gasteiger partial charge is 0.287 e. The van der Waals surface area contributed by atoms with Gasteiger partial charge in [0.2, 0.25) is 0 Å². The van der Waals surface area contributed by atoms with E-state index in [1.54, 1.807) is 25.3 Å². The zero-order valence-corrected chi connectivity index (χ0v) is 13.7. The largest absolute Gasteiger partial charge is 0.497 e. The summed E-state index contributed by atoms with van der Waals surface area (Å²) in [7, 11) is 1.63. The molecule has 1 unspecified atom stereocenters. The molecule has 124 valence electrons. The number of furan rings is 1. The van der Waals surface area contributed by atoms with Gasteiger partial charge in [-0.3, -0.25) is 4.79 Å². The molecule has 0 fully saturated rings. The minimum Gasteiger partial charge on any atom is -0.497 e. The molecule has 0 aliphatic carbocycles. The van der Waals surface area contributed by atoms with Crippen LogP contribution in [0.3, 0.4) is 0 Å². The van der Waals surface area contributed by atoms with Crippen molar-refractivity contribution in [3.63, 3.8) is 0 Å². The van der Waals surface area contributed by atoms with Crippen molar-refractivity contribution in [3.05, 3.63) is 60.8 Å². The van der Waals surface area contributed by atoms with Crippen LogP contribution in [0.1, 0.15) is 29.3 Å². The lowest BCUT2D eigenvalue weighted by Crippen LogP contribution is -2.28. The molecule has 24 heavy (non-hydrogen) atoms. The molecular weight excluding hydrogens is 306 g/mol. The monoisotopic (exact) mass is 325 g/mol. The Kier molecular flexibility index (Phi) is 4.37. The predicted octanol–water partition coefficient (Wildman–Crippen LogP) is 3.31. The number of aromatic nitrogens is 2. The van der Waals surface area contributed by atoms with Gasteiger partial charge in [0.05, 0.1) is 30.4 Å². The molecule has 0 saturated heterocycles. The highest BCUT2D eigenvalue weighted by atomic mass is 16.5. The molecule has 1 atom stereocenters. The average Bonchev–Trinajstić information content (AvgIpc) is 3.23. The molecule has 1 amide bonds. The van der Waals surface area contributed by atoms with Crippen molar-refractivity contribution in [1.82, 2.24) is 14.9 Å². The number of allylic oxidation sites excluding steroid dienone is 1. The highest BCUT2D eigenvalue weighted by Gasteiger charge is 2.20. The first kappa shape index (κ1) is 15.9. The fraction of sp³-hybridized carbons (Fsp3) is 0.222. The van der Waals surface area contributed by atoms with Crippen LogP contribution in [-0.4, -0.2) is 22.6 Å². The molecule has 0 aliphatic heterocycles. The average molecular weight is 325 g/mol. The summed E-state index contributed by atoms with van der Waals surface area (Å²) in [6, 6.07) is 8.71. The lowest BCUT2D eigenvalue weighted by atomic mass is 10.3. The van der Waals surface area contributed by atoms with Crippen LogP contribution in [0, 0.1) is 0 Å². The summed E-state index contributed by atoms with van der Waals surface area (Å²) < 4.78 is 12.4. The second-order valence-electron chi connectivity index (χ2n) is 5.40. The van der Waals surface area contributed by atoms with E-state index in [1.165, 1.54) is 6.26 Å². The van der Waals surface area contributed by atoms with Crippen LogP contribution in [-0.2, 0) is 6.54 Å². The van der Waals surface area contributed by atoms with Crippen LogP contribution >= 0.6 is 0 Å². The first-order valence-corrected chi connectivity index (χ1v) is 7.63. The molecule has 1 aromatic carbocycles. The van der Waals surface area contributed by atoms with E-state index >= 15 is 0 Å². The van der Waals surface area contributed by atoms with E-state index in [-0.39, 0.29) is 17.7 Å². The third-order valence-electron chi connectivity index (χ3n) is 3.78. The van der Waals surface area contributed by atoms with Crippen molar-refractivity contribution in [3.8, 4) is 5.75 Å². The summed E-state index contributed by atoms with van der Waals surface area (Å²) >= 11 is 0. The number of carbonyl (C=O) groups is 1. The highest BCUT2D eigenvalue weighted by molar-refractivity contribution is 5.91. The molecule has 1 N–H and O–H groups in total. The molecular formula is C18H19N3O3. The zero-order valence-electron chi connectivity index (χ0n) is 13.7. The van der Waals surface area contributed by atoms with Crippen LogP contribution in [0.5, 0.6) is 5.75 Å². The van der Waals surface area contributed by atoms with Crippen molar-refractivity contribution >= 4 is 16.9 Å². The number of hydrogen-bond acceptors (Lipinski definition) is 4. The second kappa shape index (κ2) is 6.62. The van der Waals surface area contributed by atoms with Gasteiger partial charge in [0.25, 0.3) is 5.91 Å². The number of rotatable bonds is 6. The van der Waals surface area contributed by atoms with Gasteiger partial charge in [-0.05, 0) is 31.2 Å². The molecule has 3 rings (SSSR count). The maximum Gasteiger partial charge on any atom is 0.287 e. The Hall–Kier alpha value is -3.02. The summed E-state index contributed by atoms with van der Waals surface area (Å²) in [5, 5.41) is 2.91. The molecule has 3 aromatic rings. The Morgan fingerprint density at radius 3 is 3.00 bits per heavy atom. The van der Waals surface area contributed by atoms with Crippen molar-refractivity contribution < 1.29 is 13.9 Å². The van der Waals surface area contributed by atoms with Crippen LogP contribution in [0.4, 0.5) is 0 Å². The molecule has 2 aromatic heterocycles. The standard InChI is InChI=1S/C18H19N3O3/c1-4-9-21-15-11-13(23-3)7-8-14(15)20-17(21)12(2)19-18(22)16-6-5-10-24-16/h4-8,10-12H,1,9H2,2-3H3,(H,19,22). The molecule has 0 radical (unpaired) electrons. The van der Waals surface area contributed by atoms with E-state index in [1.807, 2.05) is 29.7 Å². The molecule has 2 heterocycles. The van der Waals surface area contributed by atoms with E-state index in [0.29, 0.717) is 6.54 Å². The fourth-order valence-corrected chi connectivity index (χ4v) is 2.64. The molecule has 0 bridgehead atoms. The predicted molar refractivity (Wildman–Crippen MR) is 91.1 cm³/mol. The number of amides is 1. The van der Waals surface area contributed by atoms with E-state index in [4.69, 9.17) is 9.15 Å². The summed E-state index contributed by atoms with van der Waals surface area (Å²) in [5.74, 6) is 1.50. The van der Waals surface area contributed by atoms with E-state index in [0.717, 1.165) is 22.6 Å². The van der Waals surface area contributed by atoms with E-state index in [9.17, 15) is 4.79 Å². The number of fused-ring (bicyclic) bond motifs is 1. The number of nitrogens with one attached hydrogen (secondary N) is 1. The van der Waals surface area contributed by atoms with E-state index < -0.39 is 0 Å².